The fraction of sp³-hybridized carbons (Fsp3) is 0.462. The average Bonchev–Trinajstić information content (AvgIpc) is 3.01. The standard InChI is InChI=1S/C26H33N3O3/c1-20(2)29-24(30)26(28(25(29)31)16-13-21-7-5-4-6-8-21)14-17-27(18-15-26)19-22-9-11-23(32-3)12-10-22/h4-12,20H,13-19H2,1-3H3. The predicted molar refractivity (Wildman–Crippen MR) is 124 cm³/mol. The molecule has 0 radical (unpaired) electrons. The third kappa shape index (κ3) is 4.24. The molecule has 4 rings (SSSR count). The summed E-state index contributed by atoms with van der Waals surface area (Å²) in [7, 11) is 1.67. The SMILES string of the molecule is COc1ccc(CN2CCC3(CC2)C(=O)N(C(C)C)C(=O)N3CCc2ccccc2)cc1. The Morgan fingerprint density at radius 2 is 1.59 bits per heavy atom. The van der Waals surface area contributed by atoms with E-state index in [2.05, 4.69) is 29.2 Å². The molecule has 0 aliphatic carbocycles. The summed E-state index contributed by atoms with van der Waals surface area (Å²) in [5.74, 6) is 0.832. The van der Waals surface area contributed by atoms with Crippen molar-refractivity contribution in [1.29, 1.82) is 0 Å². The van der Waals surface area contributed by atoms with Gasteiger partial charge in [0.1, 0.15) is 11.3 Å². The number of hydrogen-bond acceptors (Lipinski definition) is 4. The van der Waals surface area contributed by atoms with Crippen molar-refractivity contribution in [2.24, 2.45) is 0 Å². The summed E-state index contributed by atoms with van der Waals surface area (Å²) in [6.07, 6.45) is 2.10. The number of urea groups is 1. The van der Waals surface area contributed by atoms with Crippen molar-refractivity contribution < 1.29 is 14.3 Å². The smallest absolute Gasteiger partial charge is 0.327 e. The van der Waals surface area contributed by atoms with E-state index in [1.54, 1.807) is 7.11 Å². The predicted octanol–water partition coefficient (Wildman–Crippen LogP) is 3.95. The van der Waals surface area contributed by atoms with E-state index in [0.717, 1.165) is 31.8 Å². The molecule has 0 unspecified atom stereocenters. The van der Waals surface area contributed by atoms with Gasteiger partial charge in [-0.2, -0.15) is 0 Å². The van der Waals surface area contributed by atoms with Gasteiger partial charge in [0.25, 0.3) is 5.91 Å². The van der Waals surface area contributed by atoms with Crippen LogP contribution >= 0.6 is 0 Å². The van der Waals surface area contributed by atoms with Gasteiger partial charge < -0.3 is 9.64 Å². The molecule has 2 aliphatic heterocycles. The van der Waals surface area contributed by atoms with Crippen LogP contribution in [-0.2, 0) is 17.8 Å². The monoisotopic (exact) mass is 435 g/mol. The number of carbonyl (C=O) groups excluding carboxylic acids is 2. The van der Waals surface area contributed by atoms with Crippen molar-refractivity contribution in [3.8, 4) is 5.75 Å². The number of likely N-dealkylation sites (tertiary alicyclic amines) is 1. The van der Waals surface area contributed by atoms with E-state index in [1.165, 1.54) is 16.0 Å². The summed E-state index contributed by atoms with van der Waals surface area (Å²) < 4.78 is 5.25. The van der Waals surface area contributed by atoms with Crippen molar-refractivity contribution in [2.75, 3.05) is 26.7 Å². The molecular formula is C26H33N3O3. The molecule has 0 aromatic heterocycles. The Morgan fingerprint density at radius 3 is 2.19 bits per heavy atom. The molecule has 1 spiro atoms. The van der Waals surface area contributed by atoms with Crippen LogP contribution in [0.3, 0.4) is 0 Å². The number of methoxy groups -OCH3 is 1. The van der Waals surface area contributed by atoms with Gasteiger partial charge in [-0.3, -0.25) is 14.6 Å². The maximum Gasteiger partial charge on any atom is 0.327 e. The first kappa shape index (κ1) is 22.3. The van der Waals surface area contributed by atoms with Crippen LogP contribution in [0.1, 0.15) is 37.8 Å². The quantitative estimate of drug-likeness (QED) is 0.618. The molecule has 32 heavy (non-hydrogen) atoms. The summed E-state index contributed by atoms with van der Waals surface area (Å²) in [5, 5.41) is 0. The second kappa shape index (κ2) is 9.33. The second-order valence-electron chi connectivity index (χ2n) is 9.09. The fourth-order valence-electron chi connectivity index (χ4n) is 4.94. The normalized spacial score (nSPS) is 18.8. The molecule has 2 aliphatic rings. The van der Waals surface area contributed by atoms with E-state index in [1.807, 2.05) is 49.1 Å². The zero-order chi connectivity index (χ0) is 22.7. The molecule has 0 saturated carbocycles. The number of rotatable bonds is 7. The Morgan fingerprint density at radius 1 is 0.938 bits per heavy atom. The van der Waals surface area contributed by atoms with Crippen LogP contribution in [0.4, 0.5) is 4.79 Å². The number of nitrogens with zero attached hydrogens (tertiary/aromatic N) is 3. The zero-order valence-corrected chi connectivity index (χ0v) is 19.3. The number of benzene rings is 2. The molecule has 0 atom stereocenters. The summed E-state index contributed by atoms with van der Waals surface area (Å²) in [6, 6.07) is 18.0. The number of amides is 3. The van der Waals surface area contributed by atoms with Gasteiger partial charge >= 0.3 is 6.03 Å². The largest absolute Gasteiger partial charge is 0.497 e. The van der Waals surface area contributed by atoms with E-state index in [-0.39, 0.29) is 18.0 Å². The number of imide groups is 1. The summed E-state index contributed by atoms with van der Waals surface area (Å²) in [6.45, 7) is 6.82. The summed E-state index contributed by atoms with van der Waals surface area (Å²) >= 11 is 0. The second-order valence-corrected chi connectivity index (χ2v) is 9.09. The first-order valence-electron chi connectivity index (χ1n) is 11.5. The Labute approximate surface area is 190 Å². The van der Waals surface area contributed by atoms with E-state index < -0.39 is 5.54 Å². The summed E-state index contributed by atoms with van der Waals surface area (Å²) in [5.41, 5.74) is 1.69. The molecule has 2 aromatic carbocycles. The Bertz CT molecular complexity index is 935. The lowest BCUT2D eigenvalue weighted by Crippen LogP contribution is -2.56. The van der Waals surface area contributed by atoms with Crippen LogP contribution in [0.2, 0.25) is 0 Å². The molecule has 2 heterocycles. The lowest BCUT2D eigenvalue weighted by molar-refractivity contribution is -0.136. The molecule has 0 bridgehead atoms. The number of hydrogen-bond donors (Lipinski definition) is 0. The van der Waals surface area contributed by atoms with Gasteiger partial charge in [-0.25, -0.2) is 4.79 Å². The van der Waals surface area contributed by atoms with Crippen LogP contribution in [0.15, 0.2) is 54.6 Å². The van der Waals surface area contributed by atoms with Crippen molar-refractivity contribution in [3.05, 3.63) is 65.7 Å². The summed E-state index contributed by atoms with van der Waals surface area (Å²) in [4.78, 5) is 32.5. The maximum absolute atomic E-state index is 13.5. The number of ether oxygens (including phenoxy) is 1. The van der Waals surface area contributed by atoms with Gasteiger partial charge in [0.2, 0.25) is 0 Å². The van der Waals surface area contributed by atoms with E-state index in [0.29, 0.717) is 19.4 Å². The van der Waals surface area contributed by atoms with E-state index in [4.69, 9.17) is 4.74 Å². The van der Waals surface area contributed by atoms with Gasteiger partial charge in [-0.15, -0.1) is 0 Å². The Balaban J connectivity index is 1.48. The van der Waals surface area contributed by atoms with Gasteiger partial charge in [0, 0.05) is 32.2 Å². The Hall–Kier alpha value is -2.86. The highest BCUT2D eigenvalue weighted by atomic mass is 16.5. The van der Waals surface area contributed by atoms with Crippen molar-refractivity contribution in [1.82, 2.24) is 14.7 Å². The first-order chi connectivity index (χ1) is 15.4. The molecule has 0 N–H and O–H groups in total. The van der Waals surface area contributed by atoms with Crippen molar-refractivity contribution in [3.63, 3.8) is 0 Å². The van der Waals surface area contributed by atoms with E-state index in [9.17, 15) is 9.59 Å². The molecule has 3 amide bonds. The fourth-order valence-corrected chi connectivity index (χ4v) is 4.94. The topological polar surface area (TPSA) is 53.1 Å². The lowest BCUT2D eigenvalue weighted by atomic mass is 9.85. The number of piperidine rings is 1. The first-order valence-corrected chi connectivity index (χ1v) is 11.5. The van der Waals surface area contributed by atoms with Crippen LogP contribution in [0.5, 0.6) is 5.75 Å². The molecule has 2 saturated heterocycles. The molecular weight excluding hydrogens is 402 g/mol. The highest BCUT2D eigenvalue weighted by Gasteiger charge is 2.58. The minimum absolute atomic E-state index is 0.0188. The van der Waals surface area contributed by atoms with Crippen LogP contribution in [0.25, 0.3) is 0 Å². The molecule has 6 heteroatoms. The van der Waals surface area contributed by atoms with Gasteiger partial charge in [-0.05, 0) is 56.4 Å². The molecule has 6 nitrogen and oxygen atoms in total. The Kier molecular flexibility index (Phi) is 6.51. The third-order valence-corrected chi connectivity index (χ3v) is 6.80. The number of carbonyl (C=O) groups is 2. The maximum atomic E-state index is 13.5. The zero-order valence-electron chi connectivity index (χ0n) is 19.3. The molecule has 170 valence electrons. The van der Waals surface area contributed by atoms with Crippen LogP contribution < -0.4 is 4.74 Å². The van der Waals surface area contributed by atoms with Gasteiger partial charge in [0.15, 0.2) is 0 Å². The van der Waals surface area contributed by atoms with Crippen LogP contribution in [-0.4, -0.2) is 65.0 Å². The highest BCUT2D eigenvalue weighted by Crippen LogP contribution is 2.38. The van der Waals surface area contributed by atoms with Gasteiger partial charge in [0.05, 0.1) is 7.11 Å². The minimum Gasteiger partial charge on any atom is -0.497 e. The van der Waals surface area contributed by atoms with Crippen molar-refractivity contribution >= 4 is 11.9 Å². The third-order valence-electron chi connectivity index (χ3n) is 6.80. The molecule has 2 aromatic rings. The average molecular weight is 436 g/mol. The van der Waals surface area contributed by atoms with E-state index >= 15 is 0 Å². The minimum atomic E-state index is -0.716. The van der Waals surface area contributed by atoms with Crippen molar-refractivity contribution in [2.45, 2.75) is 51.2 Å². The highest BCUT2D eigenvalue weighted by molar-refractivity contribution is 6.07. The van der Waals surface area contributed by atoms with Gasteiger partial charge in [-0.1, -0.05) is 42.5 Å². The van der Waals surface area contributed by atoms with Crippen LogP contribution in [0, 0.1) is 0 Å². The lowest BCUT2D eigenvalue weighted by Gasteiger charge is -2.42. The molecule has 2 fully saturated rings.